The summed E-state index contributed by atoms with van der Waals surface area (Å²) in [5.41, 5.74) is 3.52. The number of aryl methyl sites for hydroxylation is 2. The molecule has 0 aliphatic rings. The maximum absolute atomic E-state index is 4.62. The fourth-order valence-corrected chi connectivity index (χ4v) is 2.84. The van der Waals surface area contributed by atoms with E-state index in [1.165, 1.54) is 5.56 Å². The molecule has 0 spiro atoms. The molecule has 1 rings (SSSR count). The summed E-state index contributed by atoms with van der Waals surface area (Å²) in [4.78, 5) is 9.25. The van der Waals surface area contributed by atoms with E-state index >= 15 is 0 Å². The van der Waals surface area contributed by atoms with Crippen molar-refractivity contribution >= 4 is 11.8 Å². The molecule has 1 aromatic heterocycles. The summed E-state index contributed by atoms with van der Waals surface area (Å²) >= 11 is 1.79. The second kappa shape index (κ2) is 6.90. The lowest BCUT2D eigenvalue weighted by atomic mass is 10.1. The van der Waals surface area contributed by atoms with E-state index in [1.807, 2.05) is 0 Å². The van der Waals surface area contributed by atoms with Gasteiger partial charge in [-0.1, -0.05) is 25.6 Å². The molecule has 1 unspecified atom stereocenters. The van der Waals surface area contributed by atoms with E-state index in [0.29, 0.717) is 11.2 Å². The second-order valence-electron chi connectivity index (χ2n) is 6.83. The van der Waals surface area contributed by atoms with E-state index < -0.39 is 0 Å². The molecule has 3 nitrogen and oxygen atoms in total. The maximum Gasteiger partial charge on any atom is 0.188 e. The van der Waals surface area contributed by atoms with Crippen molar-refractivity contribution in [1.29, 1.82) is 0 Å². The molecule has 114 valence electrons. The van der Waals surface area contributed by atoms with Gasteiger partial charge >= 0.3 is 0 Å². The first-order valence-electron chi connectivity index (χ1n) is 7.33. The third-order valence-electron chi connectivity index (χ3n) is 3.45. The molecule has 1 heterocycles. The Bertz CT molecular complexity index is 427. The van der Waals surface area contributed by atoms with Gasteiger partial charge in [-0.15, -0.1) is 0 Å². The third kappa shape index (κ3) is 5.41. The van der Waals surface area contributed by atoms with Crippen LogP contribution in [0, 0.1) is 26.7 Å². The van der Waals surface area contributed by atoms with Crippen molar-refractivity contribution in [3.63, 3.8) is 0 Å². The van der Waals surface area contributed by atoms with Crippen LogP contribution in [-0.4, -0.2) is 27.3 Å². The van der Waals surface area contributed by atoms with Gasteiger partial charge in [-0.3, -0.25) is 0 Å². The molecule has 0 bridgehead atoms. The van der Waals surface area contributed by atoms with Gasteiger partial charge < -0.3 is 5.32 Å². The molecule has 1 N–H and O–H groups in total. The number of aromatic nitrogens is 2. The van der Waals surface area contributed by atoms with Crippen LogP contribution >= 0.6 is 11.8 Å². The number of hydrogen-bond acceptors (Lipinski definition) is 4. The minimum Gasteiger partial charge on any atom is -0.311 e. The van der Waals surface area contributed by atoms with E-state index in [9.17, 15) is 0 Å². The normalized spacial score (nSPS) is 13.8. The van der Waals surface area contributed by atoms with Crippen LogP contribution in [0.4, 0.5) is 0 Å². The molecule has 1 atom stereocenters. The Morgan fingerprint density at radius 2 is 1.55 bits per heavy atom. The molecule has 0 aliphatic heterocycles. The van der Waals surface area contributed by atoms with Gasteiger partial charge in [-0.25, -0.2) is 9.97 Å². The molecule has 0 aliphatic carbocycles. The zero-order valence-corrected chi connectivity index (χ0v) is 15.0. The molecule has 0 saturated carbocycles. The first-order chi connectivity index (χ1) is 9.10. The number of rotatable bonds is 5. The quantitative estimate of drug-likeness (QED) is 0.660. The summed E-state index contributed by atoms with van der Waals surface area (Å²) in [5, 5.41) is 4.97. The van der Waals surface area contributed by atoms with Crippen molar-refractivity contribution in [1.82, 2.24) is 15.3 Å². The summed E-state index contributed by atoms with van der Waals surface area (Å²) in [6.45, 7) is 18.3. The molecular formula is C16H29N3S. The van der Waals surface area contributed by atoms with Gasteiger partial charge in [0.15, 0.2) is 5.16 Å². The number of nitrogens with zero attached hydrogens (tertiary/aromatic N) is 2. The monoisotopic (exact) mass is 295 g/mol. The Kier molecular flexibility index (Phi) is 6.02. The topological polar surface area (TPSA) is 37.8 Å². The molecule has 4 heteroatoms. The Balaban J connectivity index is 2.81. The van der Waals surface area contributed by atoms with E-state index in [2.05, 4.69) is 70.7 Å². The minimum atomic E-state index is 0.146. The highest BCUT2D eigenvalue weighted by atomic mass is 32.2. The molecule has 0 radical (unpaired) electrons. The highest BCUT2D eigenvalue weighted by Crippen LogP contribution is 2.26. The molecular weight excluding hydrogens is 266 g/mol. The predicted molar refractivity (Wildman–Crippen MR) is 88.5 cm³/mol. The number of thioether (sulfide) groups is 1. The van der Waals surface area contributed by atoms with Gasteiger partial charge in [0.1, 0.15) is 0 Å². The van der Waals surface area contributed by atoms with E-state index in [-0.39, 0.29) is 5.54 Å². The van der Waals surface area contributed by atoms with Gasteiger partial charge in [0.2, 0.25) is 0 Å². The van der Waals surface area contributed by atoms with Crippen LogP contribution in [0.2, 0.25) is 0 Å². The van der Waals surface area contributed by atoms with Gasteiger partial charge in [-0.2, -0.15) is 0 Å². The number of hydrogen-bond donors (Lipinski definition) is 1. The van der Waals surface area contributed by atoms with Crippen LogP contribution in [0.5, 0.6) is 0 Å². The summed E-state index contributed by atoms with van der Waals surface area (Å²) in [6.07, 6.45) is 0. The average molecular weight is 295 g/mol. The van der Waals surface area contributed by atoms with Crippen LogP contribution in [-0.2, 0) is 0 Å². The van der Waals surface area contributed by atoms with Crippen LogP contribution < -0.4 is 5.32 Å². The highest BCUT2D eigenvalue weighted by Gasteiger charge is 2.20. The molecule has 0 aromatic carbocycles. The van der Waals surface area contributed by atoms with Crippen molar-refractivity contribution in [3.05, 3.63) is 17.0 Å². The van der Waals surface area contributed by atoms with Crippen LogP contribution in [0.1, 0.15) is 51.6 Å². The Morgan fingerprint density at radius 3 is 1.95 bits per heavy atom. The van der Waals surface area contributed by atoms with Crippen molar-refractivity contribution in [3.8, 4) is 0 Å². The maximum atomic E-state index is 4.62. The standard InChI is InChI=1S/C16H29N3S/c1-10(2)14(9-17-16(6,7)8)20-15-18-12(4)11(3)13(5)19-15/h10,14,17H,9H2,1-8H3. The fourth-order valence-electron chi connectivity index (χ4n) is 1.75. The molecule has 20 heavy (non-hydrogen) atoms. The van der Waals surface area contributed by atoms with E-state index in [0.717, 1.165) is 23.1 Å². The molecule has 1 aromatic rings. The van der Waals surface area contributed by atoms with Crippen molar-refractivity contribution in [2.45, 2.75) is 71.3 Å². The lowest BCUT2D eigenvalue weighted by molar-refractivity contribution is 0.407. The van der Waals surface area contributed by atoms with Gasteiger partial charge in [-0.05, 0) is 53.0 Å². The zero-order chi connectivity index (χ0) is 15.5. The van der Waals surface area contributed by atoms with Crippen molar-refractivity contribution < 1.29 is 0 Å². The summed E-state index contributed by atoms with van der Waals surface area (Å²) in [5.74, 6) is 0.584. The molecule has 0 saturated heterocycles. The lowest BCUT2D eigenvalue weighted by Crippen LogP contribution is -2.41. The van der Waals surface area contributed by atoms with Crippen LogP contribution in [0.3, 0.4) is 0 Å². The summed E-state index contributed by atoms with van der Waals surface area (Å²) in [7, 11) is 0. The van der Waals surface area contributed by atoms with Crippen molar-refractivity contribution in [2.75, 3.05) is 6.54 Å². The zero-order valence-electron chi connectivity index (χ0n) is 14.2. The average Bonchev–Trinajstić information content (AvgIpc) is 2.29. The smallest absolute Gasteiger partial charge is 0.188 e. The third-order valence-corrected chi connectivity index (χ3v) is 4.85. The van der Waals surface area contributed by atoms with Crippen molar-refractivity contribution in [2.24, 2.45) is 5.92 Å². The van der Waals surface area contributed by atoms with Gasteiger partial charge in [0.05, 0.1) is 0 Å². The minimum absolute atomic E-state index is 0.146. The predicted octanol–water partition coefficient (Wildman–Crippen LogP) is 3.91. The summed E-state index contributed by atoms with van der Waals surface area (Å²) < 4.78 is 0. The first-order valence-corrected chi connectivity index (χ1v) is 8.21. The first kappa shape index (κ1) is 17.4. The Labute approximate surface area is 128 Å². The van der Waals surface area contributed by atoms with E-state index in [1.54, 1.807) is 11.8 Å². The summed E-state index contributed by atoms with van der Waals surface area (Å²) in [6, 6.07) is 0. The molecule has 0 amide bonds. The second-order valence-corrected chi connectivity index (χ2v) is 8.04. The SMILES string of the molecule is Cc1nc(SC(CNC(C)(C)C)C(C)C)nc(C)c1C. The largest absolute Gasteiger partial charge is 0.311 e. The van der Waals surface area contributed by atoms with Crippen LogP contribution in [0.15, 0.2) is 5.16 Å². The van der Waals surface area contributed by atoms with Gasteiger partial charge in [0.25, 0.3) is 0 Å². The van der Waals surface area contributed by atoms with E-state index in [4.69, 9.17) is 0 Å². The highest BCUT2D eigenvalue weighted by molar-refractivity contribution is 7.99. The fraction of sp³-hybridized carbons (Fsp3) is 0.750. The Morgan fingerprint density at radius 1 is 1.05 bits per heavy atom. The lowest BCUT2D eigenvalue weighted by Gasteiger charge is -2.26. The molecule has 0 fully saturated rings. The van der Waals surface area contributed by atoms with Crippen LogP contribution in [0.25, 0.3) is 0 Å². The Hall–Kier alpha value is -0.610. The number of nitrogens with one attached hydrogen (secondary N) is 1. The van der Waals surface area contributed by atoms with Gasteiger partial charge in [0, 0.05) is 28.7 Å².